The Morgan fingerprint density at radius 2 is 1.90 bits per heavy atom. The second kappa shape index (κ2) is 6.61. The fourth-order valence-electron chi connectivity index (χ4n) is 2.43. The smallest absolute Gasteiger partial charge is 0.325 e. The van der Waals surface area contributed by atoms with E-state index in [-0.39, 0.29) is 18.5 Å². The van der Waals surface area contributed by atoms with Gasteiger partial charge < -0.3 is 10.2 Å². The second-order valence-electron chi connectivity index (χ2n) is 5.56. The summed E-state index contributed by atoms with van der Waals surface area (Å²) in [5, 5.41) is 2.72. The zero-order chi connectivity index (χ0) is 15.4. The summed E-state index contributed by atoms with van der Waals surface area (Å²) < 4.78 is 0. The van der Waals surface area contributed by atoms with Crippen molar-refractivity contribution in [2.75, 3.05) is 31.1 Å². The monoisotopic (exact) mass is 289 g/mol. The van der Waals surface area contributed by atoms with Crippen molar-refractivity contribution in [2.45, 2.75) is 26.7 Å². The van der Waals surface area contributed by atoms with Crippen molar-refractivity contribution in [3.8, 4) is 0 Å². The van der Waals surface area contributed by atoms with Gasteiger partial charge in [-0.2, -0.15) is 0 Å². The minimum Gasteiger partial charge on any atom is -0.355 e. The maximum atomic E-state index is 12.3. The van der Waals surface area contributed by atoms with E-state index in [0.717, 1.165) is 5.69 Å². The van der Waals surface area contributed by atoms with Crippen LogP contribution in [0.25, 0.3) is 0 Å². The van der Waals surface area contributed by atoms with Gasteiger partial charge in [-0.3, -0.25) is 9.69 Å². The lowest BCUT2D eigenvalue weighted by molar-refractivity contribution is -0.121. The summed E-state index contributed by atoms with van der Waals surface area (Å²) in [4.78, 5) is 27.2. The molecule has 0 radical (unpaired) electrons. The Hall–Kier alpha value is -2.04. The first-order valence-electron chi connectivity index (χ1n) is 7.46. The summed E-state index contributed by atoms with van der Waals surface area (Å²) in [5.41, 5.74) is 2.15. The molecular weight excluding hydrogens is 266 g/mol. The Labute approximate surface area is 125 Å². The number of nitrogens with zero attached hydrogens (tertiary/aromatic N) is 2. The third-order valence-electron chi connectivity index (χ3n) is 3.67. The maximum Gasteiger partial charge on any atom is 0.325 e. The number of anilines is 1. The lowest BCUT2D eigenvalue weighted by Crippen LogP contribution is -2.39. The zero-order valence-electron chi connectivity index (χ0n) is 12.9. The van der Waals surface area contributed by atoms with Gasteiger partial charge in [-0.15, -0.1) is 0 Å². The number of benzene rings is 1. The molecule has 5 heteroatoms. The molecule has 1 aliphatic rings. The van der Waals surface area contributed by atoms with Crippen molar-refractivity contribution < 1.29 is 9.59 Å². The fraction of sp³-hybridized carbons (Fsp3) is 0.500. The molecule has 0 aliphatic carbocycles. The molecule has 0 bridgehead atoms. The summed E-state index contributed by atoms with van der Waals surface area (Å²) in [5.74, 6) is 0.366. The van der Waals surface area contributed by atoms with Crippen LogP contribution in [-0.2, 0) is 4.79 Å². The number of rotatable bonds is 5. The van der Waals surface area contributed by atoms with Crippen molar-refractivity contribution in [3.63, 3.8) is 0 Å². The number of nitrogens with one attached hydrogen (secondary N) is 1. The molecule has 0 saturated carbocycles. The number of likely N-dealkylation sites (N-methyl/N-ethyl adjacent to an activating group) is 1. The molecule has 5 nitrogen and oxygen atoms in total. The Kier molecular flexibility index (Phi) is 4.83. The van der Waals surface area contributed by atoms with Gasteiger partial charge in [0.05, 0.1) is 0 Å². The van der Waals surface area contributed by atoms with E-state index in [1.807, 2.05) is 19.1 Å². The number of carbonyl (C=O) groups is 2. The van der Waals surface area contributed by atoms with E-state index in [4.69, 9.17) is 0 Å². The van der Waals surface area contributed by atoms with Gasteiger partial charge >= 0.3 is 6.03 Å². The lowest BCUT2D eigenvalue weighted by atomic mass is 10.0. The summed E-state index contributed by atoms with van der Waals surface area (Å²) in [7, 11) is 0. The van der Waals surface area contributed by atoms with Gasteiger partial charge in [-0.1, -0.05) is 26.0 Å². The SMILES string of the molecule is CCNC(=O)CN1CCN(c2ccc(C(C)C)cc2)C1=O. The Morgan fingerprint density at radius 3 is 2.48 bits per heavy atom. The van der Waals surface area contributed by atoms with Crippen molar-refractivity contribution in [1.29, 1.82) is 0 Å². The summed E-state index contributed by atoms with van der Waals surface area (Å²) >= 11 is 0. The van der Waals surface area contributed by atoms with Gasteiger partial charge in [0.25, 0.3) is 0 Å². The molecule has 1 fully saturated rings. The lowest BCUT2D eigenvalue weighted by Gasteiger charge is -2.19. The third-order valence-corrected chi connectivity index (χ3v) is 3.67. The number of urea groups is 1. The van der Waals surface area contributed by atoms with Crippen molar-refractivity contribution in [2.24, 2.45) is 0 Å². The number of hydrogen-bond donors (Lipinski definition) is 1. The molecule has 21 heavy (non-hydrogen) atoms. The molecule has 1 aromatic rings. The second-order valence-corrected chi connectivity index (χ2v) is 5.56. The molecular formula is C16H23N3O2. The van der Waals surface area contributed by atoms with Crippen LogP contribution in [0, 0.1) is 0 Å². The van der Waals surface area contributed by atoms with Crippen LogP contribution in [-0.4, -0.2) is 43.0 Å². The van der Waals surface area contributed by atoms with Crippen LogP contribution in [0.15, 0.2) is 24.3 Å². The highest BCUT2D eigenvalue weighted by Crippen LogP contribution is 2.23. The van der Waals surface area contributed by atoms with Crippen molar-refractivity contribution in [1.82, 2.24) is 10.2 Å². The summed E-state index contributed by atoms with van der Waals surface area (Å²) in [6, 6.07) is 7.96. The number of carbonyl (C=O) groups excluding carboxylic acids is 2. The summed E-state index contributed by atoms with van der Waals surface area (Å²) in [6.45, 7) is 8.08. The molecule has 1 saturated heterocycles. The van der Waals surface area contributed by atoms with Crippen LogP contribution in [0.5, 0.6) is 0 Å². The van der Waals surface area contributed by atoms with E-state index in [0.29, 0.717) is 25.6 Å². The Bertz CT molecular complexity index is 511. The Balaban J connectivity index is 2.02. The fourth-order valence-corrected chi connectivity index (χ4v) is 2.43. The minimum atomic E-state index is -0.108. The van der Waals surface area contributed by atoms with E-state index >= 15 is 0 Å². The van der Waals surface area contributed by atoms with Gasteiger partial charge in [-0.05, 0) is 30.5 Å². The third kappa shape index (κ3) is 3.54. The molecule has 0 unspecified atom stereocenters. The molecule has 2 rings (SSSR count). The first-order valence-corrected chi connectivity index (χ1v) is 7.46. The molecule has 1 aliphatic heterocycles. The predicted octanol–water partition coefficient (Wildman–Crippen LogP) is 2.19. The van der Waals surface area contributed by atoms with Gasteiger partial charge in [0.15, 0.2) is 0 Å². The van der Waals surface area contributed by atoms with Crippen LogP contribution < -0.4 is 10.2 Å². The predicted molar refractivity (Wildman–Crippen MR) is 83.5 cm³/mol. The number of amides is 3. The van der Waals surface area contributed by atoms with Crippen LogP contribution in [0.3, 0.4) is 0 Å². The van der Waals surface area contributed by atoms with Crippen LogP contribution in [0.4, 0.5) is 10.5 Å². The van der Waals surface area contributed by atoms with Gasteiger partial charge in [0.1, 0.15) is 6.54 Å². The number of hydrogen-bond acceptors (Lipinski definition) is 2. The molecule has 1 N–H and O–H groups in total. The molecule has 114 valence electrons. The Morgan fingerprint density at radius 1 is 1.24 bits per heavy atom. The van der Waals surface area contributed by atoms with Crippen molar-refractivity contribution in [3.05, 3.63) is 29.8 Å². The van der Waals surface area contributed by atoms with Gasteiger partial charge in [0, 0.05) is 25.3 Å². The van der Waals surface area contributed by atoms with Crippen molar-refractivity contribution >= 4 is 17.6 Å². The quantitative estimate of drug-likeness (QED) is 0.903. The topological polar surface area (TPSA) is 52.7 Å². The molecule has 0 atom stereocenters. The normalized spacial score (nSPS) is 15.0. The van der Waals surface area contributed by atoms with E-state index < -0.39 is 0 Å². The molecule has 0 spiro atoms. The van der Waals surface area contributed by atoms with Crippen LogP contribution in [0.1, 0.15) is 32.3 Å². The van der Waals surface area contributed by atoms with E-state index in [9.17, 15) is 9.59 Å². The zero-order valence-corrected chi connectivity index (χ0v) is 12.9. The van der Waals surface area contributed by atoms with Gasteiger partial charge in [0.2, 0.25) is 5.91 Å². The van der Waals surface area contributed by atoms with Crippen LogP contribution in [0.2, 0.25) is 0 Å². The van der Waals surface area contributed by atoms with Gasteiger partial charge in [-0.25, -0.2) is 4.79 Å². The van der Waals surface area contributed by atoms with E-state index in [1.54, 1.807) is 9.80 Å². The van der Waals surface area contributed by atoms with E-state index in [1.165, 1.54) is 5.56 Å². The average molecular weight is 289 g/mol. The molecule has 0 aromatic heterocycles. The molecule has 3 amide bonds. The first-order chi connectivity index (χ1) is 10.0. The largest absolute Gasteiger partial charge is 0.355 e. The first kappa shape index (κ1) is 15.4. The highest BCUT2D eigenvalue weighted by molar-refractivity contribution is 5.96. The minimum absolute atomic E-state index is 0.0986. The average Bonchev–Trinajstić information content (AvgIpc) is 2.80. The summed E-state index contributed by atoms with van der Waals surface area (Å²) in [6.07, 6.45) is 0. The highest BCUT2D eigenvalue weighted by atomic mass is 16.2. The van der Waals surface area contributed by atoms with Crippen LogP contribution >= 0.6 is 0 Å². The highest BCUT2D eigenvalue weighted by Gasteiger charge is 2.30. The molecule has 1 heterocycles. The maximum absolute atomic E-state index is 12.3. The molecule has 1 aromatic carbocycles. The van der Waals surface area contributed by atoms with E-state index in [2.05, 4.69) is 31.3 Å². The standard InChI is InChI=1S/C16H23N3O2/c1-4-17-15(20)11-18-9-10-19(16(18)21)14-7-5-13(6-8-14)12(2)3/h5-8,12H,4,9-11H2,1-3H3,(H,17,20).